The third-order valence-electron chi connectivity index (χ3n) is 3.06. The molecule has 1 atom stereocenters. The van der Waals surface area contributed by atoms with Gasteiger partial charge < -0.3 is 10.2 Å². The van der Waals surface area contributed by atoms with E-state index in [-0.39, 0.29) is 13.2 Å². The molecule has 1 unspecified atom stereocenters. The fourth-order valence-corrected chi connectivity index (χ4v) is 2.34. The molecule has 0 radical (unpaired) electrons. The van der Waals surface area contributed by atoms with E-state index in [1.807, 2.05) is 18.2 Å². The van der Waals surface area contributed by atoms with E-state index in [0.29, 0.717) is 23.6 Å². The molecule has 0 aromatic carbocycles. The molecule has 18 heavy (non-hydrogen) atoms. The summed E-state index contributed by atoms with van der Waals surface area (Å²) >= 11 is 6.19. The number of allylic oxidation sites excluding steroid dienone is 1. The summed E-state index contributed by atoms with van der Waals surface area (Å²) in [4.78, 5) is 8.42. The highest BCUT2D eigenvalue weighted by atomic mass is 35.5. The molecule has 0 saturated heterocycles. The Hall–Kier alpha value is -1.23. The van der Waals surface area contributed by atoms with Crippen LogP contribution in [0.15, 0.2) is 29.4 Å². The second-order valence-corrected chi connectivity index (χ2v) is 4.66. The average molecular weight is 267 g/mol. The molecule has 0 fully saturated rings. The molecule has 0 bridgehead atoms. The van der Waals surface area contributed by atoms with E-state index in [1.165, 1.54) is 0 Å². The van der Waals surface area contributed by atoms with Crippen molar-refractivity contribution >= 4 is 17.8 Å². The van der Waals surface area contributed by atoms with Crippen molar-refractivity contribution in [1.29, 1.82) is 0 Å². The van der Waals surface area contributed by atoms with Gasteiger partial charge in [-0.15, -0.1) is 0 Å². The summed E-state index contributed by atoms with van der Waals surface area (Å²) < 4.78 is 0. The highest BCUT2D eigenvalue weighted by molar-refractivity contribution is 6.32. The average Bonchev–Trinajstić information content (AvgIpc) is 2.81. The zero-order valence-corrected chi connectivity index (χ0v) is 10.6. The molecule has 0 spiro atoms. The summed E-state index contributed by atoms with van der Waals surface area (Å²) in [7, 11) is 0. The van der Waals surface area contributed by atoms with Crippen LogP contribution in [0.2, 0.25) is 5.02 Å². The number of halogens is 1. The van der Waals surface area contributed by atoms with E-state index in [9.17, 15) is 0 Å². The van der Waals surface area contributed by atoms with Crippen LogP contribution in [0.4, 0.5) is 0 Å². The summed E-state index contributed by atoms with van der Waals surface area (Å²) in [5.41, 5.74) is 0.930. The van der Waals surface area contributed by atoms with Gasteiger partial charge in [-0.05, 0) is 24.1 Å². The first-order valence-corrected chi connectivity index (χ1v) is 6.15. The third kappa shape index (κ3) is 2.61. The van der Waals surface area contributed by atoms with E-state index >= 15 is 0 Å². The zero-order valence-electron chi connectivity index (χ0n) is 9.88. The van der Waals surface area contributed by atoms with Crippen LogP contribution in [0.3, 0.4) is 0 Å². The molecule has 0 aliphatic carbocycles. The number of aliphatic hydroxyl groups excluding tert-OH is 2. The van der Waals surface area contributed by atoms with Gasteiger partial charge in [0.25, 0.3) is 0 Å². The fraction of sp³-hybridized carbons (Fsp3) is 0.385. The van der Waals surface area contributed by atoms with Gasteiger partial charge in [-0.3, -0.25) is 9.98 Å². The molecule has 1 aromatic rings. The van der Waals surface area contributed by atoms with Gasteiger partial charge in [0.2, 0.25) is 0 Å². The van der Waals surface area contributed by atoms with Gasteiger partial charge in [0.15, 0.2) is 0 Å². The molecule has 1 aliphatic heterocycles. The molecule has 96 valence electrons. The zero-order chi connectivity index (χ0) is 13.0. The highest BCUT2D eigenvalue weighted by Gasteiger charge is 2.28. The monoisotopic (exact) mass is 266 g/mol. The topological polar surface area (TPSA) is 65.7 Å². The minimum absolute atomic E-state index is 0.0667. The summed E-state index contributed by atoms with van der Waals surface area (Å²) in [6, 6.07) is 1.82. The predicted octanol–water partition coefficient (Wildman–Crippen LogP) is 1.53. The van der Waals surface area contributed by atoms with Crippen LogP contribution in [0.5, 0.6) is 0 Å². The Labute approximate surface area is 111 Å². The summed E-state index contributed by atoms with van der Waals surface area (Å²) in [6.07, 6.45) is 8.35. The Morgan fingerprint density at radius 2 is 2.17 bits per heavy atom. The lowest BCUT2D eigenvalue weighted by atomic mass is 9.89. The van der Waals surface area contributed by atoms with E-state index in [1.54, 1.807) is 12.4 Å². The van der Waals surface area contributed by atoms with Gasteiger partial charge in [0.1, 0.15) is 0 Å². The lowest BCUT2D eigenvalue weighted by Crippen LogP contribution is -2.27. The van der Waals surface area contributed by atoms with Gasteiger partial charge in [-0.1, -0.05) is 17.7 Å². The number of aliphatic imine (C=N–C) groups is 1. The molecule has 0 amide bonds. The van der Waals surface area contributed by atoms with Crippen LogP contribution in [0.25, 0.3) is 0 Å². The Kier molecular flexibility index (Phi) is 4.11. The minimum atomic E-state index is -0.424. The number of rotatable bonds is 5. The number of aromatic nitrogens is 1. The molecule has 1 aromatic heterocycles. The van der Waals surface area contributed by atoms with Crippen molar-refractivity contribution in [1.82, 2.24) is 4.98 Å². The van der Waals surface area contributed by atoms with Crippen LogP contribution >= 0.6 is 11.6 Å². The van der Waals surface area contributed by atoms with Gasteiger partial charge >= 0.3 is 0 Å². The van der Waals surface area contributed by atoms with Crippen molar-refractivity contribution in [3.63, 3.8) is 0 Å². The number of aliphatic hydroxyl groups is 2. The Balaban J connectivity index is 2.28. The van der Waals surface area contributed by atoms with Gasteiger partial charge in [-0.2, -0.15) is 0 Å². The highest BCUT2D eigenvalue weighted by Crippen LogP contribution is 2.30. The lowest BCUT2D eigenvalue weighted by molar-refractivity contribution is 0.258. The standard InChI is InChI=1S/C13H15ClN2O2/c14-12-10(2-6-15-11(12)9-18)8-13(4-7-17)3-1-5-16-13/h1-3,5-6,17-18H,4,7-9H2. The van der Waals surface area contributed by atoms with E-state index in [2.05, 4.69) is 9.98 Å². The maximum absolute atomic E-state index is 9.15. The van der Waals surface area contributed by atoms with Crippen molar-refractivity contribution < 1.29 is 10.2 Å². The largest absolute Gasteiger partial charge is 0.396 e. The van der Waals surface area contributed by atoms with E-state index in [0.717, 1.165) is 5.56 Å². The second kappa shape index (κ2) is 5.61. The second-order valence-electron chi connectivity index (χ2n) is 4.28. The SMILES string of the molecule is OCCC1(Cc2ccnc(CO)c2Cl)C=CC=N1. The van der Waals surface area contributed by atoms with Crippen LogP contribution in [0, 0.1) is 0 Å². The molecule has 2 N–H and O–H groups in total. The Bertz CT molecular complexity index is 474. The maximum atomic E-state index is 9.15. The van der Waals surface area contributed by atoms with Crippen LogP contribution in [-0.2, 0) is 13.0 Å². The first kappa shape index (κ1) is 13.2. The van der Waals surface area contributed by atoms with E-state index in [4.69, 9.17) is 21.8 Å². The number of nitrogens with zero attached hydrogens (tertiary/aromatic N) is 2. The van der Waals surface area contributed by atoms with Crippen LogP contribution in [0.1, 0.15) is 17.7 Å². The lowest BCUT2D eigenvalue weighted by Gasteiger charge is -2.24. The molecular weight excluding hydrogens is 252 g/mol. The summed E-state index contributed by atoms with van der Waals surface area (Å²) in [5.74, 6) is 0. The van der Waals surface area contributed by atoms with Crippen molar-refractivity contribution in [2.75, 3.05) is 6.61 Å². The van der Waals surface area contributed by atoms with Crippen molar-refractivity contribution in [2.24, 2.45) is 4.99 Å². The molecule has 0 saturated carbocycles. The Morgan fingerprint density at radius 3 is 2.78 bits per heavy atom. The number of hydrogen-bond donors (Lipinski definition) is 2. The first-order valence-electron chi connectivity index (χ1n) is 5.78. The van der Waals surface area contributed by atoms with Gasteiger partial charge in [0, 0.05) is 25.4 Å². The van der Waals surface area contributed by atoms with Crippen molar-refractivity contribution in [3.05, 3.63) is 40.7 Å². The third-order valence-corrected chi connectivity index (χ3v) is 3.52. The maximum Gasteiger partial charge on any atom is 0.0868 e. The minimum Gasteiger partial charge on any atom is -0.396 e. The molecule has 2 rings (SSSR count). The summed E-state index contributed by atoms with van der Waals surface area (Å²) in [6.45, 7) is -0.115. The van der Waals surface area contributed by atoms with E-state index < -0.39 is 5.54 Å². The first-order chi connectivity index (χ1) is 8.71. The Morgan fingerprint density at radius 1 is 1.33 bits per heavy atom. The van der Waals surface area contributed by atoms with Crippen LogP contribution < -0.4 is 0 Å². The molecular formula is C13H15ClN2O2. The van der Waals surface area contributed by atoms with Crippen LogP contribution in [-0.4, -0.2) is 33.6 Å². The fourth-order valence-electron chi connectivity index (χ4n) is 2.10. The van der Waals surface area contributed by atoms with Gasteiger partial charge in [-0.25, -0.2) is 0 Å². The summed E-state index contributed by atoms with van der Waals surface area (Å²) in [5, 5.41) is 18.8. The van der Waals surface area contributed by atoms with Crippen molar-refractivity contribution in [3.8, 4) is 0 Å². The van der Waals surface area contributed by atoms with Gasteiger partial charge in [0.05, 0.1) is 22.9 Å². The normalized spacial score (nSPS) is 21.7. The number of hydrogen-bond acceptors (Lipinski definition) is 4. The molecule has 5 heteroatoms. The molecule has 4 nitrogen and oxygen atoms in total. The molecule has 2 heterocycles. The van der Waals surface area contributed by atoms with Crippen molar-refractivity contribution in [2.45, 2.75) is 25.0 Å². The predicted molar refractivity (Wildman–Crippen MR) is 70.9 cm³/mol. The quantitative estimate of drug-likeness (QED) is 0.849. The number of pyridine rings is 1. The smallest absolute Gasteiger partial charge is 0.0868 e. The molecule has 1 aliphatic rings.